The molecule has 1 fully saturated rings. The molecule has 5 nitrogen and oxygen atoms in total. The molecular formula is C19H32FIN4O. The number of likely N-dealkylation sites (tertiary alicyclic amines) is 1. The molecule has 0 radical (unpaired) electrons. The summed E-state index contributed by atoms with van der Waals surface area (Å²) in [6, 6.07) is 5.18. The van der Waals surface area contributed by atoms with Gasteiger partial charge < -0.3 is 20.3 Å². The van der Waals surface area contributed by atoms with Crippen molar-refractivity contribution < 1.29 is 9.13 Å². The highest BCUT2D eigenvalue weighted by atomic mass is 127. The van der Waals surface area contributed by atoms with Crippen LogP contribution in [0, 0.1) is 18.7 Å². The van der Waals surface area contributed by atoms with Crippen LogP contribution in [0.2, 0.25) is 0 Å². The van der Waals surface area contributed by atoms with Crippen LogP contribution in [-0.2, 0) is 11.3 Å². The number of methoxy groups -OCH3 is 1. The van der Waals surface area contributed by atoms with Crippen LogP contribution in [-0.4, -0.2) is 57.8 Å². The van der Waals surface area contributed by atoms with E-state index in [9.17, 15) is 4.39 Å². The first-order valence-corrected chi connectivity index (χ1v) is 9.03. The normalized spacial score (nSPS) is 16.2. The Labute approximate surface area is 173 Å². The highest BCUT2D eigenvalue weighted by Crippen LogP contribution is 2.16. The van der Waals surface area contributed by atoms with Crippen LogP contribution in [0.4, 0.5) is 4.39 Å². The van der Waals surface area contributed by atoms with Gasteiger partial charge in [0.1, 0.15) is 5.82 Å². The molecule has 0 spiro atoms. The first kappa shape index (κ1) is 23.1. The van der Waals surface area contributed by atoms with Crippen LogP contribution in [0.1, 0.15) is 24.0 Å². The van der Waals surface area contributed by atoms with Gasteiger partial charge in [-0.2, -0.15) is 0 Å². The molecule has 148 valence electrons. The second kappa shape index (κ2) is 12.5. The lowest BCUT2D eigenvalue weighted by Gasteiger charge is -2.32. The van der Waals surface area contributed by atoms with Crippen molar-refractivity contribution >= 4 is 29.9 Å². The molecule has 0 aliphatic carbocycles. The number of ether oxygens (including phenoxy) is 1. The van der Waals surface area contributed by atoms with Gasteiger partial charge in [-0.25, -0.2) is 4.39 Å². The van der Waals surface area contributed by atoms with Crippen LogP contribution >= 0.6 is 24.0 Å². The van der Waals surface area contributed by atoms with E-state index in [1.807, 2.05) is 6.07 Å². The van der Waals surface area contributed by atoms with Gasteiger partial charge in [0.05, 0.1) is 6.61 Å². The van der Waals surface area contributed by atoms with E-state index < -0.39 is 0 Å². The molecule has 1 aromatic rings. The molecule has 1 heterocycles. The Morgan fingerprint density at radius 2 is 2.04 bits per heavy atom. The lowest BCUT2D eigenvalue weighted by atomic mass is 9.97. The number of benzene rings is 1. The summed E-state index contributed by atoms with van der Waals surface area (Å²) >= 11 is 0. The fourth-order valence-corrected chi connectivity index (χ4v) is 3.10. The van der Waals surface area contributed by atoms with Crippen molar-refractivity contribution in [3.63, 3.8) is 0 Å². The first-order valence-electron chi connectivity index (χ1n) is 9.03. The zero-order valence-electron chi connectivity index (χ0n) is 16.1. The lowest BCUT2D eigenvalue weighted by molar-refractivity contribution is 0.121. The lowest BCUT2D eigenvalue weighted by Crippen LogP contribution is -2.43. The first-order chi connectivity index (χ1) is 12.1. The second-order valence-corrected chi connectivity index (χ2v) is 6.67. The Balaban J connectivity index is 0.00000338. The van der Waals surface area contributed by atoms with Crippen LogP contribution in [0.25, 0.3) is 0 Å². The third kappa shape index (κ3) is 7.75. The summed E-state index contributed by atoms with van der Waals surface area (Å²) < 4.78 is 18.5. The number of aryl methyl sites for hydroxylation is 1. The van der Waals surface area contributed by atoms with Crippen LogP contribution in [0.15, 0.2) is 23.2 Å². The fraction of sp³-hybridized carbons (Fsp3) is 0.632. The van der Waals surface area contributed by atoms with Crippen molar-refractivity contribution in [3.05, 3.63) is 35.1 Å². The molecule has 0 unspecified atom stereocenters. The summed E-state index contributed by atoms with van der Waals surface area (Å²) in [6.45, 7) is 7.45. The number of nitrogens with zero attached hydrogens (tertiary/aromatic N) is 2. The molecule has 1 aliphatic rings. The molecule has 7 heteroatoms. The predicted molar refractivity (Wildman–Crippen MR) is 116 cm³/mol. The van der Waals surface area contributed by atoms with Gasteiger partial charge in [0, 0.05) is 33.8 Å². The minimum absolute atomic E-state index is 0. The van der Waals surface area contributed by atoms with Crippen molar-refractivity contribution in [2.45, 2.75) is 26.3 Å². The van der Waals surface area contributed by atoms with Crippen LogP contribution in [0.5, 0.6) is 0 Å². The van der Waals surface area contributed by atoms with Crippen molar-refractivity contribution in [2.75, 3.05) is 46.9 Å². The van der Waals surface area contributed by atoms with Gasteiger partial charge in [0.15, 0.2) is 5.96 Å². The van der Waals surface area contributed by atoms with Gasteiger partial charge in [-0.15, -0.1) is 24.0 Å². The smallest absolute Gasteiger partial charge is 0.191 e. The topological polar surface area (TPSA) is 48.9 Å². The molecule has 26 heavy (non-hydrogen) atoms. The average molecular weight is 478 g/mol. The average Bonchev–Trinajstić information content (AvgIpc) is 2.64. The van der Waals surface area contributed by atoms with E-state index in [0.717, 1.165) is 44.3 Å². The molecule has 0 bridgehead atoms. The minimum Gasteiger partial charge on any atom is -0.383 e. The Hall–Kier alpha value is -0.930. The summed E-state index contributed by atoms with van der Waals surface area (Å²) in [5.74, 6) is 1.30. The van der Waals surface area contributed by atoms with Gasteiger partial charge in [-0.05, 0) is 56.0 Å². The second-order valence-electron chi connectivity index (χ2n) is 6.67. The summed E-state index contributed by atoms with van der Waals surface area (Å²) in [4.78, 5) is 6.74. The van der Waals surface area contributed by atoms with E-state index in [0.29, 0.717) is 18.0 Å². The summed E-state index contributed by atoms with van der Waals surface area (Å²) in [5.41, 5.74) is 1.72. The number of piperidine rings is 1. The maximum atomic E-state index is 13.3. The molecule has 1 aliphatic heterocycles. The Kier molecular flexibility index (Phi) is 11.1. The number of rotatable bonds is 7. The van der Waals surface area contributed by atoms with Crippen molar-refractivity contribution in [1.82, 2.24) is 15.5 Å². The third-order valence-electron chi connectivity index (χ3n) is 4.78. The number of aliphatic imine (C=N–C) groups is 1. The van der Waals surface area contributed by atoms with Crippen LogP contribution < -0.4 is 10.6 Å². The minimum atomic E-state index is -0.164. The van der Waals surface area contributed by atoms with Gasteiger partial charge in [-0.1, -0.05) is 12.1 Å². The van der Waals surface area contributed by atoms with Crippen molar-refractivity contribution in [3.8, 4) is 0 Å². The molecule has 0 aromatic heterocycles. The van der Waals surface area contributed by atoms with Gasteiger partial charge in [0.25, 0.3) is 0 Å². The van der Waals surface area contributed by atoms with Gasteiger partial charge >= 0.3 is 0 Å². The van der Waals surface area contributed by atoms with E-state index in [2.05, 4.69) is 20.5 Å². The SMILES string of the molecule is CN=C(NCc1ccc(F)c(C)c1)NCC1CCN(CCOC)CC1.I. The predicted octanol–water partition coefficient (Wildman–Crippen LogP) is 2.78. The number of halogens is 2. The van der Waals surface area contributed by atoms with Gasteiger partial charge in [-0.3, -0.25) is 4.99 Å². The molecule has 0 amide bonds. The number of hydrogen-bond acceptors (Lipinski definition) is 3. The molecule has 2 N–H and O–H groups in total. The monoisotopic (exact) mass is 478 g/mol. The summed E-state index contributed by atoms with van der Waals surface area (Å²) in [5, 5.41) is 6.71. The third-order valence-corrected chi connectivity index (χ3v) is 4.78. The van der Waals surface area contributed by atoms with E-state index in [-0.39, 0.29) is 29.8 Å². The Morgan fingerprint density at radius 1 is 1.31 bits per heavy atom. The quantitative estimate of drug-likeness (QED) is 0.360. The zero-order chi connectivity index (χ0) is 18.1. The summed E-state index contributed by atoms with van der Waals surface area (Å²) in [7, 11) is 3.53. The molecule has 1 saturated heterocycles. The number of nitrogens with one attached hydrogen (secondary N) is 2. The van der Waals surface area contributed by atoms with Crippen LogP contribution in [0.3, 0.4) is 0 Å². The Bertz CT molecular complexity index is 562. The van der Waals surface area contributed by atoms with E-state index in [1.54, 1.807) is 27.1 Å². The van der Waals surface area contributed by atoms with E-state index in [4.69, 9.17) is 4.74 Å². The zero-order valence-corrected chi connectivity index (χ0v) is 18.4. The molecule has 0 saturated carbocycles. The molecular weight excluding hydrogens is 446 g/mol. The summed E-state index contributed by atoms with van der Waals surface area (Å²) in [6.07, 6.45) is 2.40. The Morgan fingerprint density at radius 3 is 2.65 bits per heavy atom. The molecule has 0 atom stereocenters. The highest BCUT2D eigenvalue weighted by Gasteiger charge is 2.18. The van der Waals surface area contributed by atoms with Crippen molar-refractivity contribution in [2.24, 2.45) is 10.9 Å². The number of hydrogen-bond donors (Lipinski definition) is 2. The largest absolute Gasteiger partial charge is 0.383 e. The highest BCUT2D eigenvalue weighted by molar-refractivity contribution is 14.0. The molecule has 2 rings (SSSR count). The molecule has 1 aromatic carbocycles. The number of guanidine groups is 1. The standard InChI is InChI=1S/C19H31FN4O.HI/c1-15-12-17(4-5-18(15)20)14-23-19(21-2)22-13-16-6-8-24(9-7-16)10-11-25-3;/h4-5,12,16H,6-11,13-14H2,1-3H3,(H2,21,22,23);1H. The van der Waals surface area contributed by atoms with E-state index >= 15 is 0 Å². The van der Waals surface area contributed by atoms with E-state index in [1.165, 1.54) is 18.9 Å². The van der Waals surface area contributed by atoms with Gasteiger partial charge in [0.2, 0.25) is 0 Å². The van der Waals surface area contributed by atoms with Crippen molar-refractivity contribution in [1.29, 1.82) is 0 Å². The fourth-order valence-electron chi connectivity index (χ4n) is 3.10. The maximum Gasteiger partial charge on any atom is 0.191 e. The maximum absolute atomic E-state index is 13.3.